The van der Waals surface area contributed by atoms with Gasteiger partial charge in [-0.25, -0.2) is 0 Å². The number of methoxy groups -OCH3 is 1. The van der Waals surface area contributed by atoms with E-state index in [0.29, 0.717) is 6.54 Å². The third-order valence-corrected chi connectivity index (χ3v) is 4.90. The summed E-state index contributed by atoms with van der Waals surface area (Å²) in [4.78, 5) is 16.9. The summed E-state index contributed by atoms with van der Waals surface area (Å²) in [5.74, 6) is 1.15. The van der Waals surface area contributed by atoms with Gasteiger partial charge in [0.15, 0.2) is 0 Å². The van der Waals surface area contributed by atoms with Gasteiger partial charge in [-0.2, -0.15) is 0 Å². The molecule has 5 heteroatoms. The van der Waals surface area contributed by atoms with Crippen LogP contribution < -0.4 is 10.1 Å². The summed E-state index contributed by atoms with van der Waals surface area (Å²) in [6.07, 6.45) is 3.55. The minimum atomic E-state index is 0.253. The van der Waals surface area contributed by atoms with Crippen molar-refractivity contribution in [3.8, 4) is 5.75 Å². The molecule has 0 radical (unpaired) electrons. The van der Waals surface area contributed by atoms with Crippen molar-refractivity contribution in [3.05, 3.63) is 29.8 Å². The zero-order valence-electron chi connectivity index (χ0n) is 14.0. The van der Waals surface area contributed by atoms with Gasteiger partial charge < -0.3 is 15.0 Å². The summed E-state index contributed by atoms with van der Waals surface area (Å²) < 4.78 is 5.24. The molecule has 1 atom stereocenters. The predicted octanol–water partition coefficient (Wildman–Crippen LogP) is 1.65. The second-order valence-corrected chi connectivity index (χ2v) is 6.41. The third-order valence-electron chi connectivity index (χ3n) is 4.90. The summed E-state index contributed by atoms with van der Waals surface area (Å²) in [5.41, 5.74) is 1.24. The molecule has 23 heavy (non-hydrogen) atoms. The van der Waals surface area contributed by atoms with E-state index >= 15 is 0 Å². The Bertz CT molecular complexity index is 512. The highest BCUT2D eigenvalue weighted by Crippen LogP contribution is 2.24. The second kappa shape index (κ2) is 7.79. The van der Waals surface area contributed by atoms with E-state index in [4.69, 9.17) is 4.74 Å². The molecule has 1 aromatic rings. The first-order chi connectivity index (χ1) is 11.3. The molecule has 0 spiro atoms. The number of nitrogens with zero attached hydrogens (tertiary/aromatic N) is 2. The lowest BCUT2D eigenvalue weighted by Crippen LogP contribution is -2.50. The SMILES string of the molecule is COc1ccc([C@@H]2CNCCN2CC(=O)N2CCCCC2)cc1. The van der Waals surface area contributed by atoms with E-state index < -0.39 is 0 Å². The highest BCUT2D eigenvalue weighted by atomic mass is 16.5. The fourth-order valence-electron chi connectivity index (χ4n) is 3.51. The molecular formula is C18H27N3O2. The summed E-state index contributed by atoms with van der Waals surface area (Å²) in [6, 6.07) is 8.45. The number of hydrogen-bond acceptors (Lipinski definition) is 4. The standard InChI is InChI=1S/C18H27N3O2/c1-23-16-7-5-15(6-8-16)17-13-19-9-12-21(17)14-18(22)20-10-3-2-4-11-20/h5-8,17,19H,2-4,9-14H2,1H3/t17-/m0/s1. The minimum Gasteiger partial charge on any atom is -0.497 e. The molecule has 2 saturated heterocycles. The maximum atomic E-state index is 12.6. The van der Waals surface area contributed by atoms with Crippen LogP contribution in [0.25, 0.3) is 0 Å². The van der Waals surface area contributed by atoms with Gasteiger partial charge in [-0.05, 0) is 37.0 Å². The average molecular weight is 317 g/mol. The molecular weight excluding hydrogens is 290 g/mol. The van der Waals surface area contributed by atoms with E-state index in [1.54, 1.807) is 7.11 Å². The van der Waals surface area contributed by atoms with Crippen LogP contribution in [-0.4, -0.2) is 62.1 Å². The molecule has 2 aliphatic rings. The first kappa shape index (κ1) is 16.3. The molecule has 0 saturated carbocycles. The third kappa shape index (κ3) is 4.03. The number of likely N-dealkylation sites (tertiary alicyclic amines) is 1. The molecule has 1 aromatic carbocycles. The Kier molecular flexibility index (Phi) is 5.51. The zero-order chi connectivity index (χ0) is 16.1. The number of nitrogens with one attached hydrogen (secondary N) is 1. The van der Waals surface area contributed by atoms with Crippen molar-refractivity contribution in [3.63, 3.8) is 0 Å². The van der Waals surface area contributed by atoms with E-state index in [9.17, 15) is 4.79 Å². The van der Waals surface area contributed by atoms with Crippen LogP contribution in [0.4, 0.5) is 0 Å². The van der Waals surface area contributed by atoms with Crippen molar-refractivity contribution in [1.29, 1.82) is 0 Å². The quantitative estimate of drug-likeness (QED) is 0.917. The van der Waals surface area contributed by atoms with Crippen molar-refractivity contribution in [2.45, 2.75) is 25.3 Å². The maximum Gasteiger partial charge on any atom is 0.236 e. The largest absolute Gasteiger partial charge is 0.497 e. The monoisotopic (exact) mass is 317 g/mol. The van der Waals surface area contributed by atoms with E-state index in [0.717, 1.165) is 51.3 Å². The first-order valence-corrected chi connectivity index (χ1v) is 8.64. The van der Waals surface area contributed by atoms with Gasteiger partial charge in [0.2, 0.25) is 5.91 Å². The summed E-state index contributed by atoms with van der Waals surface area (Å²) in [7, 11) is 1.68. The van der Waals surface area contributed by atoms with E-state index in [2.05, 4.69) is 22.3 Å². The first-order valence-electron chi connectivity index (χ1n) is 8.64. The van der Waals surface area contributed by atoms with Gasteiger partial charge in [0.25, 0.3) is 0 Å². The molecule has 1 N–H and O–H groups in total. The van der Waals surface area contributed by atoms with Gasteiger partial charge in [-0.3, -0.25) is 9.69 Å². The van der Waals surface area contributed by atoms with Crippen LogP contribution in [-0.2, 0) is 4.79 Å². The van der Waals surface area contributed by atoms with Crippen LogP contribution in [0, 0.1) is 0 Å². The van der Waals surface area contributed by atoms with Crippen LogP contribution in [0.2, 0.25) is 0 Å². The molecule has 2 heterocycles. The lowest BCUT2D eigenvalue weighted by Gasteiger charge is -2.37. The molecule has 0 bridgehead atoms. The number of ether oxygens (including phenoxy) is 1. The highest BCUT2D eigenvalue weighted by Gasteiger charge is 2.27. The average Bonchev–Trinajstić information content (AvgIpc) is 2.63. The molecule has 0 aliphatic carbocycles. The van der Waals surface area contributed by atoms with Crippen molar-refractivity contribution < 1.29 is 9.53 Å². The highest BCUT2D eigenvalue weighted by molar-refractivity contribution is 5.78. The van der Waals surface area contributed by atoms with Crippen molar-refractivity contribution in [2.24, 2.45) is 0 Å². The van der Waals surface area contributed by atoms with Gasteiger partial charge in [0, 0.05) is 38.8 Å². The molecule has 1 amide bonds. The Labute approximate surface area is 138 Å². The normalized spacial score (nSPS) is 22.8. The second-order valence-electron chi connectivity index (χ2n) is 6.41. The topological polar surface area (TPSA) is 44.8 Å². The lowest BCUT2D eigenvalue weighted by atomic mass is 10.0. The van der Waals surface area contributed by atoms with E-state index in [1.165, 1.54) is 12.0 Å². The molecule has 0 aromatic heterocycles. The smallest absolute Gasteiger partial charge is 0.236 e. The Morgan fingerprint density at radius 3 is 2.61 bits per heavy atom. The van der Waals surface area contributed by atoms with Gasteiger partial charge >= 0.3 is 0 Å². The van der Waals surface area contributed by atoms with E-state index in [-0.39, 0.29) is 11.9 Å². The number of carbonyl (C=O) groups is 1. The molecule has 0 unspecified atom stereocenters. The Morgan fingerprint density at radius 1 is 1.17 bits per heavy atom. The Morgan fingerprint density at radius 2 is 1.91 bits per heavy atom. The maximum absolute atomic E-state index is 12.6. The summed E-state index contributed by atoms with van der Waals surface area (Å²) in [5, 5.41) is 3.45. The predicted molar refractivity (Wildman–Crippen MR) is 90.6 cm³/mol. The van der Waals surface area contributed by atoms with Crippen molar-refractivity contribution in [1.82, 2.24) is 15.1 Å². The number of piperidine rings is 1. The van der Waals surface area contributed by atoms with Crippen LogP contribution in [0.3, 0.4) is 0 Å². The van der Waals surface area contributed by atoms with Crippen LogP contribution in [0.15, 0.2) is 24.3 Å². The van der Waals surface area contributed by atoms with Gasteiger partial charge in [0.05, 0.1) is 13.7 Å². The van der Waals surface area contributed by atoms with Crippen molar-refractivity contribution in [2.75, 3.05) is 46.4 Å². The fraction of sp³-hybridized carbons (Fsp3) is 0.611. The van der Waals surface area contributed by atoms with Gasteiger partial charge in [-0.15, -0.1) is 0 Å². The molecule has 126 valence electrons. The molecule has 2 fully saturated rings. The number of piperazine rings is 1. The number of benzene rings is 1. The van der Waals surface area contributed by atoms with Gasteiger partial charge in [-0.1, -0.05) is 12.1 Å². The molecule has 5 nitrogen and oxygen atoms in total. The van der Waals surface area contributed by atoms with Crippen molar-refractivity contribution >= 4 is 5.91 Å². The Balaban J connectivity index is 1.66. The summed E-state index contributed by atoms with van der Waals surface area (Å²) in [6.45, 7) is 5.13. The fourth-order valence-corrected chi connectivity index (χ4v) is 3.51. The minimum absolute atomic E-state index is 0.253. The number of rotatable bonds is 4. The van der Waals surface area contributed by atoms with Crippen LogP contribution >= 0.6 is 0 Å². The number of hydrogen-bond donors (Lipinski definition) is 1. The zero-order valence-corrected chi connectivity index (χ0v) is 14.0. The van der Waals surface area contributed by atoms with Crippen LogP contribution in [0.5, 0.6) is 5.75 Å². The van der Waals surface area contributed by atoms with Gasteiger partial charge in [0.1, 0.15) is 5.75 Å². The molecule has 2 aliphatic heterocycles. The number of carbonyl (C=O) groups excluding carboxylic acids is 1. The van der Waals surface area contributed by atoms with E-state index in [1.807, 2.05) is 17.0 Å². The number of amides is 1. The lowest BCUT2D eigenvalue weighted by molar-refractivity contribution is -0.134. The Hall–Kier alpha value is -1.59. The summed E-state index contributed by atoms with van der Waals surface area (Å²) >= 11 is 0. The van der Waals surface area contributed by atoms with Crippen LogP contribution in [0.1, 0.15) is 30.9 Å². The molecule has 3 rings (SSSR count).